The van der Waals surface area contributed by atoms with Crippen LogP contribution in [0.3, 0.4) is 0 Å². The number of nitrogens with one attached hydrogen (secondary N) is 1. The van der Waals surface area contributed by atoms with Crippen LogP contribution in [0.5, 0.6) is 0 Å². The second-order valence-corrected chi connectivity index (χ2v) is 5.06. The first-order valence-electron chi connectivity index (χ1n) is 7.00. The maximum atomic E-state index is 13.4. The maximum Gasteiger partial charge on any atom is 0.250 e. The Labute approximate surface area is 131 Å². The van der Waals surface area contributed by atoms with E-state index in [-0.39, 0.29) is 30.6 Å². The normalized spacial score (nSPS) is 12.0. The molecule has 0 aliphatic rings. The zero-order chi connectivity index (χ0) is 16.8. The topological polar surface area (TPSA) is 71.3 Å². The maximum absolute atomic E-state index is 13.4. The molecule has 1 aromatic heterocycles. The van der Waals surface area contributed by atoms with Gasteiger partial charge in [-0.2, -0.15) is 0 Å². The number of halogens is 2. The molecule has 0 saturated heterocycles. The van der Waals surface area contributed by atoms with Crippen molar-refractivity contribution in [1.82, 2.24) is 9.88 Å². The number of amides is 1. The Hall–Kier alpha value is -2.54. The SMILES string of the molecule is O=C(Cc1ccc(F)cc1F)NCC(O)Cn1ccccc1=O. The molecule has 2 N–H and O–H groups in total. The van der Waals surface area contributed by atoms with Crippen LogP contribution in [0.25, 0.3) is 0 Å². The number of aromatic nitrogens is 1. The molecular formula is C16H16F2N2O3. The number of pyridine rings is 1. The highest BCUT2D eigenvalue weighted by molar-refractivity contribution is 5.78. The third kappa shape index (κ3) is 5.00. The number of rotatable bonds is 6. The summed E-state index contributed by atoms with van der Waals surface area (Å²) in [5.41, 5.74) is -0.191. The van der Waals surface area contributed by atoms with Crippen molar-refractivity contribution in [2.75, 3.05) is 6.54 Å². The number of aliphatic hydroxyl groups excluding tert-OH is 1. The van der Waals surface area contributed by atoms with Crippen molar-refractivity contribution in [1.29, 1.82) is 0 Å². The third-order valence-electron chi connectivity index (χ3n) is 3.21. The number of carbonyl (C=O) groups excluding carboxylic acids is 1. The molecule has 2 rings (SSSR count). The van der Waals surface area contributed by atoms with E-state index in [2.05, 4.69) is 5.32 Å². The average Bonchev–Trinajstić information content (AvgIpc) is 2.50. The van der Waals surface area contributed by atoms with Gasteiger partial charge in [0.05, 0.1) is 19.1 Å². The first-order chi connectivity index (χ1) is 11.0. The second-order valence-electron chi connectivity index (χ2n) is 5.06. The molecule has 7 heteroatoms. The summed E-state index contributed by atoms with van der Waals surface area (Å²) in [6.45, 7) is -0.0478. The van der Waals surface area contributed by atoms with E-state index >= 15 is 0 Å². The molecule has 5 nitrogen and oxygen atoms in total. The van der Waals surface area contributed by atoms with Gasteiger partial charge in [-0.15, -0.1) is 0 Å². The number of carbonyl (C=O) groups is 1. The summed E-state index contributed by atoms with van der Waals surface area (Å²) >= 11 is 0. The largest absolute Gasteiger partial charge is 0.389 e. The van der Waals surface area contributed by atoms with Crippen molar-refractivity contribution in [3.8, 4) is 0 Å². The van der Waals surface area contributed by atoms with E-state index in [1.807, 2.05) is 0 Å². The molecule has 0 saturated carbocycles. The molecule has 0 radical (unpaired) electrons. The second kappa shape index (κ2) is 7.64. The fraction of sp³-hybridized carbons (Fsp3) is 0.250. The predicted molar refractivity (Wildman–Crippen MR) is 79.8 cm³/mol. The fourth-order valence-corrected chi connectivity index (χ4v) is 2.04. The van der Waals surface area contributed by atoms with Crippen LogP contribution in [-0.4, -0.2) is 28.2 Å². The summed E-state index contributed by atoms with van der Waals surface area (Å²) in [5, 5.41) is 12.3. The average molecular weight is 322 g/mol. The van der Waals surface area contributed by atoms with Gasteiger partial charge >= 0.3 is 0 Å². The molecular weight excluding hydrogens is 306 g/mol. The quantitative estimate of drug-likeness (QED) is 0.828. The van der Waals surface area contributed by atoms with Crippen molar-refractivity contribution >= 4 is 5.91 Å². The molecule has 0 aliphatic heterocycles. The van der Waals surface area contributed by atoms with Gasteiger partial charge in [-0.05, 0) is 17.7 Å². The van der Waals surface area contributed by atoms with Gasteiger partial charge in [-0.3, -0.25) is 9.59 Å². The lowest BCUT2D eigenvalue weighted by Crippen LogP contribution is -2.37. The van der Waals surface area contributed by atoms with Crippen LogP contribution in [0.4, 0.5) is 8.78 Å². The molecule has 0 aliphatic carbocycles. The molecule has 122 valence electrons. The van der Waals surface area contributed by atoms with E-state index < -0.39 is 23.6 Å². The first-order valence-corrected chi connectivity index (χ1v) is 7.00. The minimum Gasteiger partial charge on any atom is -0.389 e. The highest BCUT2D eigenvalue weighted by Gasteiger charge is 2.11. The van der Waals surface area contributed by atoms with Crippen LogP contribution >= 0.6 is 0 Å². The van der Waals surface area contributed by atoms with Crippen molar-refractivity contribution in [2.24, 2.45) is 0 Å². The van der Waals surface area contributed by atoms with E-state index in [0.717, 1.165) is 6.07 Å². The minimum absolute atomic E-state index is 0.0326. The fourth-order valence-electron chi connectivity index (χ4n) is 2.04. The Kier molecular flexibility index (Phi) is 5.59. The lowest BCUT2D eigenvalue weighted by molar-refractivity contribution is -0.121. The summed E-state index contributed by atoms with van der Waals surface area (Å²) in [6, 6.07) is 7.59. The lowest BCUT2D eigenvalue weighted by Gasteiger charge is -2.13. The monoisotopic (exact) mass is 322 g/mol. The number of benzene rings is 1. The van der Waals surface area contributed by atoms with Crippen molar-refractivity contribution < 1.29 is 18.7 Å². The van der Waals surface area contributed by atoms with E-state index in [1.54, 1.807) is 12.1 Å². The standard InChI is InChI=1S/C16H16F2N2O3/c17-12-5-4-11(14(18)8-12)7-15(22)19-9-13(21)10-20-6-2-1-3-16(20)23/h1-6,8,13,21H,7,9-10H2,(H,19,22). The van der Waals surface area contributed by atoms with Crippen molar-refractivity contribution in [3.63, 3.8) is 0 Å². The van der Waals surface area contributed by atoms with Gasteiger partial charge in [0.15, 0.2) is 0 Å². The van der Waals surface area contributed by atoms with Gasteiger partial charge in [0.25, 0.3) is 5.56 Å². The van der Waals surface area contributed by atoms with Gasteiger partial charge in [0.2, 0.25) is 5.91 Å². The minimum atomic E-state index is -0.961. The number of aliphatic hydroxyl groups is 1. The molecule has 2 aromatic rings. The Morgan fingerprint density at radius 2 is 2.04 bits per heavy atom. The predicted octanol–water partition coefficient (Wildman–Crippen LogP) is 0.846. The van der Waals surface area contributed by atoms with Crippen LogP contribution in [0.1, 0.15) is 5.56 Å². The summed E-state index contributed by atoms with van der Waals surface area (Å²) < 4.78 is 27.5. The van der Waals surface area contributed by atoms with Gasteiger partial charge < -0.3 is 15.0 Å². The highest BCUT2D eigenvalue weighted by atomic mass is 19.1. The van der Waals surface area contributed by atoms with Crippen LogP contribution in [0, 0.1) is 11.6 Å². The van der Waals surface area contributed by atoms with Crippen LogP contribution < -0.4 is 10.9 Å². The smallest absolute Gasteiger partial charge is 0.250 e. The summed E-state index contributed by atoms with van der Waals surface area (Å²) in [6.07, 6.45) is 0.308. The molecule has 0 fully saturated rings. The zero-order valence-corrected chi connectivity index (χ0v) is 12.2. The van der Waals surface area contributed by atoms with Crippen LogP contribution in [0.2, 0.25) is 0 Å². The van der Waals surface area contributed by atoms with Gasteiger partial charge in [0.1, 0.15) is 11.6 Å². The Morgan fingerprint density at radius 1 is 1.26 bits per heavy atom. The van der Waals surface area contributed by atoms with Crippen molar-refractivity contribution in [2.45, 2.75) is 19.1 Å². The van der Waals surface area contributed by atoms with Gasteiger partial charge in [0, 0.05) is 24.9 Å². The number of hydrogen-bond donors (Lipinski definition) is 2. The van der Waals surface area contributed by atoms with Gasteiger partial charge in [-0.25, -0.2) is 8.78 Å². The van der Waals surface area contributed by atoms with Crippen molar-refractivity contribution in [3.05, 3.63) is 70.1 Å². The van der Waals surface area contributed by atoms with E-state index in [0.29, 0.717) is 6.07 Å². The molecule has 0 bridgehead atoms. The van der Waals surface area contributed by atoms with Crippen LogP contribution in [-0.2, 0) is 17.8 Å². The zero-order valence-electron chi connectivity index (χ0n) is 12.2. The molecule has 1 aromatic carbocycles. The Bertz CT molecular complexity index is 746. The third-order valence-corrected chi connectivity index (χ3v) is 3.21. The summed E-state index contributed by atoms with van der Waals surface area (Å²) in [5.74, 6) is -2.01. The summed E-state index contributed by atoms with van der Waals surface area (Å²) in [7, 11) is 0. The Morgan fingerprint density at radius 3 is 2.74 bits per heavy atom. The van der Waals surface area contributed by atoms with E-state index in [1.165, 1.54) is 22.9 Å². The van der Waals surface area contributed by atoms with Crippen LogP contribution in [0.15, 0.2) is 47.4 Å². The highest BCUT2D eigenvalue weighted by Crippen LogP contribution is 2.10. The number of nitrogens with zero attached hydrogens (tertiary/aromatic N) is 1. The lowest BCUT2D eigenvalue weighted by atomic mass is 10.1. The molecule has 1 unspecified atom stereocenters. The van der Waals surface area contributed by atoms with E-state index in [4.69, 9.17) is 0 Å². The molecule has 0 spiro atoms. The Balaban J connectivity index is 1.84. The first kappa shape index (κ1) is 16.8. The molecule has 1 heterocycles. The molecule has 1 amide bonds. The molecule has 23 heavy (non-hydrogen) atoms. The number of hydrogen-bond acceptors (Lipinski definition) is 3. The van der Waals surface area contributed by atoms with Gasteiger partial charge in [-0.1, -0.05) is 12.1 Å². The van der Waals surface area contributed by atoms with E-state index in [9.17, 15) is 23.5 Å². The molecule has 1 atom stereocenters. The summed E-state index contributed by atoms with van der Waals surface area (Å²) in [4.78, 5) is 23.2.